The van der Waals surface area contributed by atoms with Gasteiger partial charge in [0.25, 0.3) is 0 Å². The van der Waals surface area contributed by atoms with Crippen LogP contribution < -0.4 is 15.0 Å². The smallest absolute Gasteiger partial charge is 0.418 e. The van der Waals surface area contributed by atoms with Crippen molar-refractivity contribution in [2.45, 2.75) is 34.6 Å². The Hall–Kier alpha value is -1.99. The van der Waals surface area contributed by atoms with Gasteiger partial charge in [0.05, 0.1) is 6.07 Å². The van der Waals surface area contributed by atoms with Gasteiger partial charge in [0, 0.05) is 30.2 Å². The highest BCUT2D eigenvalue weighted by atomic mass is 19.5. The van der Waals surface area contributed by atoms with E-state index in [-0.39, 0.29) is 0 Å². The number of anilines is 1. The number of hydrogen-bond acceptors (Lipinski definition) is 2. The van der Waals surface area contributed by atoms with Gasteiger partial charge in [0.2, 0.25) is 0 Å². The molecule has 0 fully saturated rings. The van der Waals surface area contributed by atoms with E-state index in [4.69, 9.17) is 4.42 Å². The molecule has 0 aliphatic heterocycles. The van der Waals surface area contributed by atoms with Crippen molar-refractivity contribution in [2.75, 3.05) is 31.1 Å². The fourth-order valence-corrected chi connectivity index (χ4v) is 2.80. The Morgan fingerprint density at radius 1 is 0.962 bits per heavy atom. The van der Waals surface area contributed by atoms with Gasteiger partial charge in [-0.15, -0.1) is 0 Å². The first kappa shape index (κ1) is 22.1. The molecular weight excluding hydrogens is 347 g/mol. The number of fused-ring (bicyclic) bond motifs is 1. The molecule has 2 aromatic rings. The van der Waals surface area contributed by atoms with Crippen LogP contribution in [0.15, 0.2) is 28.7 Å². The normalized spacial score (nSPS) is 11.1. The van der Waals surface area contributed by atoms with Crippen molar-refractivity contribution in [3.8, 4) is 0 Å². The lowest BCUT2D eigenvalue weighted by atomic mass is 10.1. The maximum absolute atomic E-state index is 9.75. The molecule has 0 radical (unpaired) electrons. The molecule has 2 rings (SSSR count). The third-order valence-electron chi connectivity index (χ3n) is 4.15. The van der Waals surface area contributed by atoms with Gasteiger partial charge in [-0.2, -0.15) is 4.58 Å². The van der Waals surface area contributed by atoms with Gasteiger partial charge in [-0.05, 0) is 52.3 Å². The summed E-state index contributed by atoms with van der Waals surface area (Å²) in [5.74, 6) is 0. The second-order valence-electron chi connectivity index (χ2n) is 5.79. The molecule has 0 saturated carbocycles. The maximum atomic E-state index is 9.75. The number of benzene rings is 1. The summed E-state index contributed by atoms with van der Waals surface area (Å²) >= 11 is 0. The molecule has 146 valence electrons. The van der Waals surface area contributed by atoms with E-state index < -0.39 is 7.25 Å². The number of halogens is 4. The Kier molecular flexibility index (Phi) is 8.18. The van der Waals surface area contributed by atoms with E-state index in [1.165, 1.54) is 16.6 Å². The van der Waals surface area contributed by atoms with E-state index in [0.717, 1.165) is 37.3 Å². The predicted molar refractivity (Wildman–Crippen MR) is 101 cm³/mol. The third-order valence-corrected chi connectivity index (χ3v) is 4.15. The number of nitrogens with zero attached hydrogens (tertiary/aromatic N) is 2. The van der Waals surface area contributed by atoms with Gasteiger partial charge < -0.3 is 26.6 Å². The van der Waals surface area contributed by atoms with Crippen LogP contribution in [0.4, 0.5) is 23.0 Å². The van der Waals surface area contributed by atoms with Crippen LogP contribution in [0.25, 0.3) is 11.0 Å². The summed E-state index contributed by atoms with van der Waals surface area (Å²) in [5, 5.41) is 1.20. The SMILES string of the molecule is CCN(CC)c1ccc2c(C)cc(=[N+](CC)CC)oc2c1.F[B-](F)(F)F. The Labute approximate surface area is 152 Å². The van der Waals surface area contributed by atoms with E-state index in [1.54, 1.807) is 0 Å². The monoisotopic (exact) mass is 374 g/mol. The van der Waals surface area contributed by atoms with Crippen molar-refractivity contribution in [2.24, 2.45) is 0 Å². The molecule has 0 bridgehead atoms. The van der Waals surface area contributed by atoms with Crippen molar-refractivity contribution < 1.29 is 21.7 Å². The molecule has 0 N–H and O–H groups in total. The van der Waals surface area contributed by atoms with E-state index in [2.05, 4.69) is 68.4 Å². The molecule has 0 aliphatic carbocycles. The molecular formula is C18H27BF4N2O. The summed E-state index contributed by atoms with van der Waals surface area (Å²) in [6, 6.07) is 8.68. The van der Waals surface area contributed by atoms with Gasteiger partial charge in [-0.25, -0.2) is 0 Å². The first-order chi connectivity index (χ1) is 12.1. The van der Waals surface area contributed by atoms with E-state index >= 15 is 0 Å². The van der Waals surface area contributed by atoms with Crippen LogP contribution in [0.5, 0.6) is 0 Å². The third kappa shape index (κ3) is 6.39. The molecule has 0 unspecified atom stereocenters. The minimum Gasteiger partial charge on any atom is -0.418 e. The van der Waals surface area contributed by atoms with Crippen LogP contribution in [0.1, 0.15) is 33.3 Å². The lowest BCUT2D eigenvalue weighted by Crippen LogP contribution is -2.29. The van der Waals surface area contributed by atoms with E-state index in [1.807, 2.05) is 0 Å². The fourth-order valence-electron chi connectivity index (χ4n) is 2.80. The summed E-state index contributed by atoms with van der Waals surface area (Å²) in [7, 11) is -6.00. The molecule has 1 aromatic carbocycles. The molecule has 3 nitrogen and oxygen atoms in total. The molecule has 8 heteroatoms. The summed E-state index contributed by atoms with van der Waals surface area (Å²) in [5.41, 5.74) is 4.43. The van der Waals surface area contributed by atoms with E-state index in [0.29, 0.717) is 0 Å². The first-order valence-electron chi connectivity index (χ1n) is 8.89. The standard InChI is InChI=1S/C18H27N2O.BF4/c1-6-19(7-2)15-10-11-16-14(5)12-18(20(8-3)9-4)21-17(16)13-15;2-1(3,4)5/h10-13H,6-9H2,1-5H3;/q+1;-1. The topological polar surface area (TPSA) is 19.4 Å². The van der Waals surface area contributed by atoms with Crippen molar-refractivity contribution >= 4 is 23.9 Å². The van der Waals surface area contributed by atoms with Crippen LogP contribution in [0, 0.1) is 6.92 Å². The summed E-state index contributed by atoms with van der Waals surface area (Å²) in [6.07, 6.45) is 0. The number of aryl methyl sites for hydroxylation is 1. The summed E-state index contributed by atoms with van der Waals surface area (Å²) in [4.78, 5) is 2.34. The van der Waals surface area contributed by atoms with Gasteiger partial charge >= 0.3 is 12.8 Å². The Morgan fingerprint density at radius 2 is 1.50 bits per heavy atom. The molecule has 26 heavy (non-hydrogen) atoms. The molecule has 0 amide bonds. The molecule has 1 heterocycles. The highest BCUT2D eigenvalue weighted by Gasteiger charge is 2.20. The zero-order valence-corrected chi connectivity index (χ0v) is 16.0. The van der Waals surface area contributed by atoms with Crippen molar-refractivity contribution in [1.82, 2.24) is 4.58 Å². The molecule has 0 aliphatic rings. The predicted octanol–water partition coefficient (Wildman–Crippen LogP) is 4.70. The van der Waals surface area contributed by atoms with Crippen molar-refractivity contribution in [1.29, 1.82) is 0 Å². The fraction of sp³-hybridized carbons (Fsp3) is 0.500. The summed E-state index contributed by atoms with van der Waals surface area (Å²) in [6.45, 7) is 14.8. The van der Waals surface area contributed by atoms with Crippen LogP contribution in [-0.2, 0) is 0 Å². The minimum absolute atomic E-state index is 0.959. The molecule has 0 spiro atoms. The van der Waals surface area contributed by atoms with Crippen LogP contribution in [-0.4, -0.2) is 33.4 Å². The zero-order valence-electron chi connectivity index (χ0n) is 16.0. The van der Waals surface area contributed by atoms with Crippen LogP contribution in [0.3, 0.4) is 0 Å². The Balaban J connectivity index is 0.000000597. The average molecular weight is 374 g/mol. The van der Waals surface area contributed by atoms with E-state index in [9.17, 15) is 17.3 Å². The second-order valence-corrected chi connectivity index (χ2v) is 5.79. The second kappa shape index (κ2) is 9.64. The highest BCUT2D eigenvalue weighted by Crippen LogP contribution is 2.23. The summed E-state index contributed by atoms with van der Waals surface area (Å²) < 4.78 is 47.4. The van der Waals surface area contributed by atoms with Gasteiger partial charge in [0.1, 0.15) is 18.7 Å². The van der Waals surface area contributed by atoms with Crippen molar-refractivity contribution in [3.05, 3.63) is 35.4 Å². The Morgan fingerprint density at radius 3 is 1.96 bits per heavy atom. The van der Waals surface area contributed by atoms with Crippen LogP contribution in [0.2, 0.25) is 0 Å². The van der Waals surface area contributed by atoms with Crippen LogP contribution >= 0.6 is 0 Å². The zero-order chi connectivity index (χ0) is 19.9. The number of rotatable bonds is 5. The molecule has 0 saturated heterocycles. The first-order valence-corrected chi connectivity index (χ1v) is 8.89. The molecule has 1 aromatic heterocycles. The maximum Gasteiger partial charge on any atom is 0.673 e. The Bertz CT molecular complexity index is 771. The lowest BCUT2D eigenvalue weighted by Gasteiger charge is -2.21. The molecule has 0 atom stereocenters. The van der Waals surface area contributed by atoms with Crippen molar-refractivity contribution in [3.63, 3.8) is 0 Å². The number of hydrogen-bond donors (Lipinski definition) is 0. The highest BCUT2D eigenvalue weighted by molar-refractivity contribution is 6.50. The van der Waals surface area contributed by atoms with Gasteiger partial charge in [0.15, 0.2) is 0 Å². The quantitative estimate of drug-likeness (QED) is 0.429. The minimum atomic E-state index is -6.00. The van der Waals surface area contributed by atoms with Gasteiger partial charge in [-0.3, -0.25) is 0 Å². The largest absolute Gasteiger partial charge is 0.673 e. The lowest BCUT2D eigenvalue weighted by molar-refractivity contribution is 0.368. The average Bonchev–Trinajstić information content (AvgIpc) is 2.55. The van der Waals surface area contributed by atoms with Gasteiger partial charge in [-0.1, -0.05) is 0 Å².